The molecule has 2 heterocycles. The number of rotatable bonds is 5. The molecule has 0 spiro atoms. The van der Waals surface area contributed by atoms with Crippen molar-refractivity contribution < 1.29 is 4.42 Å². The van der Waals surface area contributed by atoms with Crippen LogP contribution < -0.4 is 0 Å². The lowest BCUT2D eigenvalue weighted by Gasteiger charge is -2.18. The highest BCUT2D eigenvalue weighted by Gasteiger charge is 2.21. The molecule has 0 amide bonds. The van der Waals surface area contributed by atoms with Gasteiger partial charge in [0, 0.05) is 27.2 Å². The minimum atomic E-state index is 0.883. The second kappa shape index (κ2) is 14.4. The van der Waals surface area contributed by atoms with Gasteiger partial charge in [0.15, 0.2) is 0 Å². The topological polar surface area (TPSA) is 18.1 Å². The molecule has 2 heteroatoms. The van der Waals surface area contributed by atoms with Crippen LogP contribution in [0.2, 0.25) is 0 Å². The van der Waals surface area contributed by atoms with Gasteiger partial charge in [-0.15, -0.1) is 0 Å². The average Bonchev–Trinajstić information content (AvgIpc) is 3.92. The molecule has 66 heavy (non-hydrogen) atoms. The van der Waals surface area contributed by atoms with E-state index >= 15 is 0 Å². The van der Waals surface area contributed by atoms with E-state index in [1.54, 1.807) is 0 Å². The van der Waals surface area contributed by atoms with E-state index in [0.717, 1.165) is 33.2 Å². The van der Waals surface area contributed by atoms with Crippen LogP contribution in [0.4, 0.5) is 0 Å². The van der Waals surface area contributed by atoms with Crippen LogP contribution in [-0.2, 0) is 0 Å². The zero-order chi connectivity index (χ0) is 43.3. The lowest BCUT2D eigenvalue weighted by molar-refractivity contribution is 0.669. The third-order valence-corrected chi connectivity index (χ3v) is 13.9. The average molecular weight is 838 g/mol. The summed E-state index contributed by atoms with van der Waals surface area (Å²) in [5, 5.41) is 14.6. The van der Waals surface area contributed by atoms with Gasteiger partial charge in [0.2, 0.25) is 0 Å². The molecule has 0 radical (unpaired) electrons. The first-order chi connectivity index (χ1) is 32.8. The summed E-state index contributed by atoms with van der Waals surface area (Å²) in [6, 6.07) is 86.4. The van der Waals surface area contributed by atoms with Crippen molar-refractivity contribution in [3.63, 3.8) is 0 Å². The lowest BCUT2D eigenvalue weighted by atomic mass is 9.85. The smallest absolute Gasteiger partial charge is 0.136 e. The Labute approximate surface area is 380 Å². The first-order valence-corrected chi connectivity index (χ1v) is 22.8. The Hall–Kier alpha value is -8.72. The summed E-state index contributed by atoms with van der Waals surface area (Å²) in [6.07, 6.45) is 0. The van der Waals surface area contributed by atoms with Gasteiger partial charge in [-0.05, 0) is 142 Å². The van der Waals surface area contributed by atoms with Crippen LogP contribution in [0.3, 0.4) is 0 Å². The summed E-state index contributed by atoms with van der Waals surface area (Å²) in [6.45, 7) is 0. The SMILES string of the molecule is c1ccc(-c2c3ccccc3c(-c3ccc4c(c3)oc3ccc(-c5c6ccccc6c(-c6ccc7c(c6)c6ccccc6n7-c6ccccc6)c6ccccc56)cc34)c3ccccc23)cc1. The standard InChI is InChI=1S/C64H39NO/c1-3-17-40(18-4-1)61-47-22-7-9-24-49(47)64(50-25-10-8-23-48(50)61)43-31-34-46-56-38-42(33-36-59(56)66-60(46)39-43)63-53-28-13-11-26-51(53)62(52-27-12-14-29-54(52)63)41-32-35-58-55(37-41)45-21-15-16-30-57(45)65(58)44-19-5-2-6-20-44/h1-39H. The van der Waals surface area contributed by atoms with E-state index < -0.39 is 0 Å². The number of benzene rings is 12. The molecule has 0 aliphatic heterocycles. The fraction of sp³-hybridized carbons (Fsp3) is 0. The molecule has 12 aromatic carbocycles. The summed E-state index contributed by atoms with van der Waals surface area (Å²) >= 11 is 0. The van der Waals surface area contributed by atoms with Gasteiger partial charge in [-0.25, -0.2) is 0 Å². The third kappa shape index (κ3) is 5.42. The lowest BCUT2D eigenvalue weighted by Crippen LogP contribution is -1.93. The molecular weight excluding hydrogens is 799 g/mol. The van der Waals surface area contributed by atoms with E-state index in [1.807, 2.05) is 0 Å². The van der Waals surface area contributed by atoms with Crippen molar-refractivity contribution in [2.24, 2.45) is 0 Å². The minimum absolute atomic E-state index is 0.883. The number of nitrogens with zero attached hydrogens (tertiary/aromatic N) is 1. The quantitative estimate of drug-likeness (QED) is 0.158. The van der Waals surface area contributed by atoms with Gasteiger partial charge in [0.05, 0.1) is 11.0 Å². The summed E-state index contributed by atoms with van der Waals surface area (Å²) in [5.74, 6) is 0. The third-order valence-electron chi connectivity index (χ3n) is 13.9. The van der Waals surface area contributed by atoms with Crippen LogP contribution in [0, 0.1) is 0 Å². The fourth-order valence-electron chi connectivity index (χ4n) is 11.2. The second-order valence-electron chi connectivity index (χ2n) is 17.5. The Morgan fingerprint density at radius 2 is 0.621 bits per heavy atom. The van der Waals surface area contributed by atoms with E-state index in [0.29, 0.717) is 0 Å². The Morgan fingerprint density at radius 1 is 0.227 bits per heavy atom. The maximum Gasteiger partial charge on any atom is 0.136 e. The molecule has 0 N–H and O–H groups in total. The van der Waals surface area contributed by atoms with Crippen molar-refractivity contribution in [1.82, 2.24) is 4.57 Å². The normalized spacial score (nSPS) is 11.9. The van der Waals surface area contributed by atoms with E-state index in [2.05, 4.69) is 241 Å². The number of furan rings is 1. The number of para-hydroxylation sites is 2. The van der Waals surface area contributed by atoms with Crippen molar-refractivity contribution in [2.45, 2.75) is 0 Å². The highest BCUT2D eigenvalue weighted by atomic mass is 16.3. The summed E-state index contributed by atoms with van der Waals surface area (Å²) in [5.41, 5.74) is 15.1. The Kier molecular flexibility index (Phi) is 8.02. The van der Waals surface area contributed by atoms with Gasteiger partial charge in [-0.3, -0.25) is 0 Å². The van der Waals surface area contributed by atoms with E-state index in [1.165, 1.54) is 104 Å². The highest BCUT2D eigenvalue weighted by Crippen LogP contribution is 2.48. The molecule has 14 aromatic rings. The summed E-state index contributed by atoms with van der Waals surface area (Å²) in [4.78, 5) is 0. The van der Waals surface area contributed by atoms with Crippen molar-refractivity contribution in [2.75, 3.05) is 0 Å². The molecule has 2 aromatic heterocycles. The van der Waals surface area contributed by atoms with Crippen LogP contribution in [0.25, 0.3) is 137 Å². The summed E-state index contributed by atoms with van der Waals surface area (Å²) < 4.78 is 9.15. The van der Waals surface area contributed by atoms with Crippen LogP contribution in [-0.4, -0.2) is 4.57 Å². The van der Waals surface area contributed by atoms with Crippen molar-refractivity contribution in [1.29, 1.82) is 0 Å². The molecule has 0 atom stereocenters. The predicted octanol–water partition coefficient (Wildman–Crippen LogP) is 18.0. The van der Waals surface area contributed by atoms with E-state index in [9.17, 15) is 0 Å². The molecule has 0 bridgehead atoms. The number of aromatic nitrogens is 1. The number of fused-ring (bicyclic) bond motifs is 10. The predicted molar refractivity (Wildman–Crippen MR) is 280 cm³/mol. The second-order valence-corrected chi connectivity index (χ2v) is 17.5. The first-order valence-electron chi connectivity index (χ1n) is 22.8. The van der Waals surface area contributed by atoms with Crippen LogP contribution in [0.5, 0.6) is 0 Å². The van der Waals surface area contributed by atoms with Crippen molar-refractivity contribution >= 4 is 86.8 Å². The molecule has 14 rings (SSSR count). The Morgan fingerprint density at radius 3 is 1.17 bits per heavy atom. The van der Waals surface area contributed by atoms with Crippen molar-refractivity contribution in [3.05, 3.63) is 237 Å². The molecule has 0 aliphatic rings. The fourth-order valence-corrected chi connectivity index (χ4v) is 11.2. The molecular formula is C64H39NO. The molecule has 0 fully saturated rings. The number of hydrogen-bond donors (Lipinski definition) is 0. The molecule has 306 valence electrons. The van der Waals surface area contributed by atoms with Gasteiger partial charge in [-0.2, -0.15) is 0 Å². The Bertz CT molecular complexity index is 4160. The van der Waals surface area contributed by atoms with Crippen LogP contribution in [0.15, 0.2) is 241 Å². The monoisotopic (exact) mass is 837 g/mol. The molecule has 0 saturated carbocycles. The highest BCUT2D eigenvalue weighted by molar-refractivity contribution is 6.24. The van der Waals surface area contributed by atoms with E-state index in [4.69, 9.17) is 4.42 Å². The van der Waals surface area contributed by atoms with Crippen LogP contribution in [0.1, 0.15) is 0 Å². The molecule has 0 saturated heterocycles. The summed E-state index contributed by atoms with van der Waals surface area (Å²) in [7, 11) is 0. The largest absolute Gasteiger partial charge is 0.456 e. The Balaban J connectivity index is 0.944. The van der Waals surface area contributed by atoms with Crippen molar-refractivity contribution in [3.8, 4) is 50.2 Å². The zero-order valence-corrected chi connectivity index (χ0v) is 35.9. The molecule has 2 nitrogen and oxygen atoms in total. The maximum atomic E-state index is 6.77. The van der Waals surface area contributed by atoms with Gasteiger partial charge in [0.1, 0.15) is 11.2 Å². The van der Waals surface area contributed by atoms with Gasteiger partial charge in [-0.1, -0.05) is 182 Å². The molecule has 0 unspecified atom stereocenters. The first kappa shape index (κ1) is 36.7. The van der Waals surface area contributed by atoms with E-state index in [-0.39, 0.29) is 0 Å². The molecule has 0 aliphatic carbocycles. The maximum absolute atomic E-state index is 6.77. The zero-order valence-electron chi connectivity index (χ0n) is 35.9. The van der Waals surface area contributed by atoms with Gasteiger partial charge >= 0.3 is 0 Å². The van der Waals surface area contributed by atoms with Gasteiger partial charge in [0.25, 0.3) is 0 Å². The van der Waals surface area contributed by atoms with Crippen LogP contribution >= 0.6 is 0 Å². The minimum Gasteiger partial charge on any atom is -0.456 e. The number of hydrogen-bond acceptors (Lipinski definition) is 1. The van der Waals surface area contributed by atoms with Gasteiger partial charge < -0.3 is 8.98 Å².